The average Bonchev–Trinajstić information content (AvgIpc) is 2.72. The lowest BCUT2D eigenvalue weighted by atomic mass is 9.96. The molecule has 1 N–H and O–H groups in total. The first kappa shape index (κ1) is 19.2. The third-order valence-corrected chi connectivity index (χ3v) is 5.13. The molecular formula is C23H15Cl2NO3. The quantitative estimate of drug-likeness (QED) is 0.425. The van der Waals surface area contributed by atoms with Crippen molar-refractivity contribution in [2.45, 2.75) is 0 Å². The first-order valence-corrected chi connectivity index (χ1v) is 9.53. The molecule has 0 radical (unpaired) electrons. The van der Waals surface area contributed by atoms with Crippen LogP contribution in [-0.2, 0) is 0 Å². The highest BCUT2D eigenvalue weighted by molar-refractivity contribution is 6.31. The van der Waals surface area contributed by atoms with Gasteiger partial charge in [0.2, 0.25) is 5.56 Å². The van der Waals surface area contributed by atoms with Gasteiger partial charge in [-0.1, -0.05) is 35.3 Å². The molecule has 0 atom stereocenters. The van der Waals surface area contributed by atoms with Gasteiger partial charge in [-0.25, -0.2) is 0 Å². The van der Waals surface area contributed by atoms with E-state index in [1.165, 1.54) is 13.2 Å². The molecule has 0 bridgehead atoms. The fourth-order valence-electron chi connectivity index (χ4n) is 3.28. The van der Waals surface area contributed by atoms with Gasteiger partial charge in [0.15, 0.2) is 5.78 Å². The number of rotatable bonds is 4. The number of aromatic nitrogens is 1. The summed E-state index contributed by atoms with van der Waals surface area (Å²) in [6.07, 6.45) is 0. The average molecular weight is 424 g/mol. The number of pyridine rings is 1. The van der Waals surface area contributed by atoms with Gasteiger partial charge in [-0.3, -0.25) is 9.59 Å². The molecule has 0 aliphatic carbocycles. The Labute approximate surface area is 176 Å². The third kappa shape index (κ3) is 3.77. The number of carbonyl (C=O) groups is 1. The van der Waals surface area contributed by atoms with Crippen molar-refractivity contribution in [3.63, 3.8) is 0 Å². The second kappa shape index (κ2) is 7.74. The molecular weight excluding hydrogens is 409 g/mol. The van der Waals surface area contributed by atoms with Gasteiger partial charge in [0, 0.05) is 32.6 Å². The summed E-state index contributed by atoms with van der Waals surface area (Å²) in [5.74, 6) is 0.228. The minimum Gasteiger partial charge on any atom is -0.495 e. The van der Waals surface area contributed by atoms with E-state index in [1.54, 1.807) is 48.5 Å². The SMILES string of the molecule is COc1cc(C(=O)c2ccc(Cl)cc2)cc2c(-c3cccc(Cl)c3)cc(=O)[nH]c12. The van der Waals surface area contributed by atoms with Crippen LogP contribution in [0.5, 0.6) is 5.75 Å². The number of ketones is 1. The zero-order valence-corrected chi connectivity index (χ0v) is 16.8. The van der Waals surface area contributed by atoms with E-state index in [4.69, 9.17) is 27.9 Å². The summed E-state index contributed by atoms with van der Waals surface area (Å²) in [6.45, 7) is 0. The normalized spacial score (nSPS) is 10.9. The van der Waals surface area contributed by atoms with Crippen LogP contribution in [0.1, 0.15) is 15.9 Å². The van der Waals surface area contributed by atoms with Crippen LogP contribution in [-0.4, -0.2) is 17.9 Å². The van der Waals surface area contributed by atoms with E-state index < -0.39 is 0 Å². The van der Waals surface area contributed by atoms with Crippen LogP contribution < -0.4 is 10.3 Å². The van der Waals surface area contributed by atoms with Crippen molar-refractivity contribution < 1.29 is 9.53 Å². The van der Waals surface area contributed by atoms with Gasteiger partial charge in [-0.15, -0.1) is 0 Å². The highest BCUT2D eigenvalue weighted by Crippen LogP contribution is 2.34. The fraction of sp³-hybridized carbons (Fsp3) is 0.0435. The Hall–Kier alpha value is -3.08. The van der Waals surface area contributed by atoms with E-state index in [0.29, 0.717) is 43.4 Å². The summed E-state index contributed by atoms with van der Waals surface area (Å²) in [5, 5.41) is 1.79. The molecule has 0 spiro atoms. The van der Waals surface area contributed by atoms with Crippen molar-refractivity contribution in [1.82, 2.24) is 4.98 Å². The topological polar surface area (TPSA) is 59.2 Å². The molecule has 144 valence electrons. The lowest BCUT2D eigenvalue weighted by molar-refractivity contribution is 0.103. The zero-order valence-electron chi connectivity index (χ0n) is 15.3. The number of fused-ring (bicyclic) bond motifs is 1. The predicted octanol–water partition coefficient (Wildman–Crippen LogP) is 5.74. The molecule has 1 heterocycles. The van der Waals surface area contributed by atoms with Gasteiger partial charge in [0.1, 0.15) is 5.75 Å². The summed E-state index contributed by atoms with van der Waals surface area (Å²) in [4.78, 5) is 28.1. The molecule has 6 heteroatoms. The van der Waals surface area contributed by atoms with Crippen LogP contribution in [0.4, 0.5) is 0 Å². The smallest absolute Gasteiger partial charge is 0.249 e. The minimum atomic E-state index is -0.275. The molecule has 0 aliphatic heterocycles. The highest BCUT2D eigenvalue weighted by atomic mass is 35.5. The van der Waals surface area contributed by atoms with Crippen molar-refractivity contribution in [1.29, 1.82) is 0 Å². The first-order chi connectivity index (χ1) is 14.0. The molecule has 0 amide bonds. The minimum absolute atomic E-state index is 0.176. The molecule has 4 nitrogen and oxygen atoms in total. The van der Waals surface area contributed by atoms with Crippen molar-refractivity contribution in [2.24, 2.45) is 0 Å². The van der Waals surface area contributed by atoms with Crippen LogP contribution in [0.3, 0.4) is 0 Å². The Morgan fingerprint density at radius 2 is 1.66 bits per heavy atom. The Kier molecular flexibility index (Phi) is 5.14. The van der Waals surface area contributed by atoms with Crippen LogP contribution in [0.2, 0.25) is 10.0 Å². The summed E-state index contributed by atoms with van der Waals surface area (Å²) in [5.41, 5.74) is 2.61. The summed E-state index contributed by atoms with van der Waals surface area (Å²) >= 11 is 12.1. The molecule has 4 rings (SSSR count). The molecule has 0 saturated carbocycles. The monoisotopic (exact) mass is 423 g/mol. The summed E-state index contributed by atoms with van der Waals surface area (Å²) in [7, 11) is 1.50. The van der Waals surface area contributed by atoms with Gasteiger partial charge in [-0.05, 0) is 59.7 Å². The zero-order chi connectivity index (χ0) is 20.5. The number of aromatic amines is 1. The van der Waals surface area contributed by atoms with E-state index in [1.807, 2.05) is 12.1 Å². The number of ether oxygens (including phenoxy) is 1. The van der Waals surface area contributed by atoms with E-state index in [9.17, 15) is 9.59 Å². The number of nitrogens with one attached hydrogen (secondary N) is 1. The van der Waals surface area contributed by atoms with Crippen molar-refractivity contribution in [3.8, 4) is 16.9 Å². The van der Waals surface area contributed by atoms with Crippen LogP contribution in [0.15, 0.2) is 71.5 Å². The standard InChI is InChI=1S/C23H15Cl2NO3/c1-29-20-11-15(23(28)13-5-7-16(24)8-6-13)10-19-18(12-21(27)26-22(19)20)14-3-2-4-17(25)9-14/h2-12H,1H3,(H,26,27). The van der Waals surface area contributed by atoms with Crippen LogP contribution >= 0.6 is 23.2 Å². The molecule has 29 heavy (non-hydrogen) atoms. The third-order valence-electron chi connectivity index (χ3n) is 4.64. The van der Waals surface area contributed by atoms with Gasteiger partial charge in [0.25, 0.3) is 0 Å². The Bertz CT molecular complexity index is 1290. The van der Waals surface area contributed by atoms with Crippen molar-refractivity contribution in [2.75, 3.05) is 7.11 Å². The number of methoxy groups -OCH3 is 1. The molecule has 0 fully saturated rings. The van der Waals surface area contributed by atoms with Gasteiger partial charge >= 0.3 is 0 Å². The maximum Gasteiger partial charge on any atom is 0.249 e. The van der Waals surface area contributed by atoms with E-state index >= 15 is 0 Å². The second-order valence-corrected chi connectivity index (χ2v) is 7.37. The molecule has 0 aliphatic rings. The second-order valence-electron chi connectivity index (χ2n) is 6.49. The molecule has 3 aromatic carbocycles. The lowest BCUT2D eigenvalue weighted by Gasteiger charge is -2.12. The van der Waals surface area contributed by atoms with Crippen molar-refractivity contribution in [3.05, 3.63) is 98.3 Å². The highest BCUT2D eigenvalue weighted by Gasteiger charge is 2.17. The Balaban J connectivity index is 1.98. The van der Waals surface area contributed by atoms with Gasteiger partial charge in [-0.2, -0.15) is 0 Å². The first-order valence-electron chi connectivity index (χ1n) is 8.77. The molecule has 0 unspecified atom stereocenters. The number of hydrogen-bond acceptors (Lipinski definition) is 3. The van der Waals surface area contributed by atoms with Gasteiger partial charge in [0.05, 0.1) is 12.6 Å². The lowest BCUT2D eigenvalue weighted by Crippen LogP contribution is -2.08. The number of hydrogen-bond donors (Lipinski definition) is 1. The number of halogens is 2. The Morgan fingerprint density at radius 3 is 2.34 bits per heavy atom. The van der Waals surface area contributed by atoms with Crippen LogP contribution in [0.25, 0.3) is 22.0 Å². The molecule has 0 saturated heterocycles. The maximum atomic E-state index is 13.0. The van der Waals surface area contributed by atoms with Crippen LogP contribution in [0, 0.1) is 0 Å². The summed E-state index contributed by atoms with van der Waals surface area (Å²) < 4.78 is 5.47. The number of benzene rings is 3. The molecule has 4 aromatic rings. The largest absolute Gasteiger partial charge is 0.495 e. The maximum absolute atomic E-state index is 13.0. The molecule has 1 aromatic heterocycles. The Morgan fingerprint density at radius 1 is 0.897 bits per heavy atom. The van der Waals surface area contributed by atoms with E-state index in [0.717, 1.165) is 5.56 Å². The van der Waals surface area contributed by atoms with E-state index in [-0.39, 0.29) is 11.3 Å². The van der Waals surface area contributed by atoms with Crippen molar-refractivity contribution >= 4 is 39.9 Å². The number of carbonyl (C=O) groups excluding carboxylic acids is 1. The predicted molar refractivity (Wildman–Crippen MR) is 116 cm³/mol. The fourth-order valence-corrected chi connectivity index (χ4v) is 3.60. The van der Waals surface area contributed by atoms with Gasteiger partial charge < -0.3 is 9.72 Å². The van der Waals surface area contributed by atoms with E-state index in [2.05, 4.69) is 4.98 Å². The number of H-pyrrole nitrogens is 1. The summed E-state index contributed by atoms with van der Waals surface area (Å²) in [6, 6.07) is 18.8.